The lowest BCUT2D eigenvalue weighted by atomic mass is 10.1. The standard InChI is InChI=1S/C20H15Cl2FN4O2/c21-14-2-3-15(23)17(22)11(14)5-6-28-19-18-12(8-27-20(19)25)13(9-29-18)10-1-4-16(24)26-7-10/h1-4,7-9H,5-6H2,(H2,24,26)(H2,25,27). The van der Waals surface area contributed by atoms with Gasteiger partial charge in [0.25, 0.3) is 0 Å². The highest BCUT2D eigenvalue weighted by atomic mass is 35.5. The highest BCUT2D eigenvalue weighted by molar-refractivity contribution is 6.36. The van der Waals surface area contributed by atoms with E-state index in [4.69, 9.17) is 43.8 Å². The van der Waals surface area contributed by atoms with Gasteiger partial charge in [-0.25, -0.2) is 14.4 Å². The van der Waals surface area contributed by atoms with Crippen molar-refractivity contribution in [3.8, 4) is 16.9 Å². The smallest absolute Gasteiger partial charge is 0.205 e. The molecule has 148 valence electrons. The number of fused-ring (bicyclic) bond motifs is 1. The maximum Gasteiger partial charge on any atom is 0.205 e. The molecule has 4 N–H and O–H groups in total. The highest BCUT2D eigenvalue weighted by Crippen LogP contribution is 2.38. The van der Waals surface area contributed by atoms with Crippen molar-refractivity contribution in [2.75, 3.05) is 18.1 Å². The van der Waals surface area contributed by atoms with Gasteiger partial charge in [0.15, 0.2) is 11.4 Å². The molecule has 0 aliphatic rings. The Labute approximate surface area is 175 Å². The third-order valence-electron chi connectivity index (χ3n) is 4.44. The summed E-state index contributed by atoms with van der Waals surface area (Å²) in [7, 11) is 0. The Morgan fingerprint density at radius 1 is 1.07 bits per heavy atom. The second-order valence-electron chi connectivity index (χ2n) is 6.26. The maximum atomic E-state index is 13.7. The van der Waals surface area contributed by atoms with Gasteiger partial charge in [-0.1, -0.05) is 23.2 Å². The molecule has 0 fully saturated rings. The molecule has 0 atom stereocenters. The van der Waals surface area contributed by atoms with Gasteiger partial charge in [0.05, 0.1) is 23.3 Å². The van der Waals surface area contributed by atoms with Crippen LogP contribution in [-0.2, 0) is 6.42 Å². The van der Waals surface area contributed by atoms with E-state index >= 15 is 0 Å². The van der Waals surface area contributed by atoms with E-state index in [1.165, 1.54) is 12.1 Å². The zero-order valence-electron chi connectivity index (χ0n) is 15.0. The zero-order valence-corrected chi connectivity index (χ0v) is 16.5. The summed E-state index contributed by atoms with van der Waals surface area (Å²) in [6.07, 6.45) is 5.10. The van der Waals surface area contributed by atoms with Gasteiger partial charge >= 0.3 is 0 Å². The number of hydrogen-bond acceptors (Lipinski definition) is 6. The summed E-state index contributed by atoms with van der Waals surface area (Å²) in [5, 5.41) is 1.05. The van der Waals surface area contributed by atoms with Crippen LogP contribution in [-0.4, -0.2) is 16.6 Å². The second kappa shape index (κ2) is 7.77. The molecule has 0 saturated carbocycles. The first-order valence-corrected chi connectivity index (χ1v) is 9.34. The van der Waals surface area contributed by atoms with Crippen LogP contribution in [0.1, 0.15) is 5.56 Å². The van der Waals surface area contributed by atoms with Gasteiger partial charge in [-0.2, -0.15) is 0 Å². The van der Waals surface area contributed by atoms with Gasteiger partial charge in [-0.15, -0.1) is 0 Å². The van der Waals surface area contributed by atoms with Gasteiger partial charge in [-0.3, -0.25) is 0 Å². The molecule has 0 saturated heterocycles. The Morgan fingerprint density at radius 2 is 1.90 bits per heavy atom. The van der Waals surface area contributed by atoms with Crippen molar-refractivity contribution < 1.29 is 13.5 Å². The Hall–Kier alpha value is -3.03. The number of halogens is 3. The molecular weight excluding hydrogens is 418 g/mol. The molecule has 9 heteroatoms. The molecule has 0 bridgehead atoms. The largest absolute Gasteiger partial charge is 0.486 e. The van der Waals surface area contributed by atoms with Gasteiger partial charge in [0, 0.05) is 35.0 Å². The minimum absolute atomic E-state index is 0.0264. The summed E-state index contributed by atoms with van der Waals surface area (Å²) in [4.78, 5) is 8.29. The SMILES string of the molecule is Nc1ccc(-c2coc3c(OCCc4c(Cl)ccc(F)c4Cl)c(N)ncc23)cn1. The van der Waals surface area contributed by atoms with E-state index < -0.39 is 5.82 Å². The van der Waals surface area contributed by atoms with Crippen molar-refractivity contribution in [1.82, 2.24) is 9.97 Å². The summed E-state index contributed by atoms with van der Waals surface area (Å²) in [6, 6.07) is 6.20. The number of rotatable bonds is 5. The molecule has 0 amide bonds. The van der Waals surface area contributed by atoms with Gasteiger partial charge < -0.3 is 20.6 Å². The average molecular weight is 433 g/mol. The first-order chi connectivity index (χ1) is 14.0. The number of pyridine rings is 2. The normalized spacial score (nSPS) is 11.1. The summed E-state index contributed by atoms with van der Waals surface area (Å²) in [5.41, 5.74) is 14.1. The zero-order chi connectivity index (χ0) is 20.5. The van der Waals surface area contributed by atoms with Crippen LogP contribution in [0.3, 0.4) is 0 Å². The molecule has 0 spiro atoms. The molecule has 4 rings (SSSR count). The van der Waals surface area contributed by atoms with Crippen LogP contribution < -0.4 is 16.2 Å². The lowest BCUT2D eigenvalue weighted by Crippen LogP contribution is -2.06. The number of nitrogens with two attached hydrogens (primary N) is 2. The molecular formula is C20H15Cl2FN4O2. The highest BCUT2D eigenvalue weighted by Gasteiger charge is 2.17. The minimum atomic E-state index is -0.540. The molecule has 0 unspecified atom stereocenters. The molecule has 0 aliphatic carbocycles. The number of furan rings is 1. The molecule has 0 aliphatic heterocycles. The van der Waals surface area contributed by atoms with Crippen LogP contribution in [0.15, 0.2) is 47.3 Å². The lowest BCUT2D eigenvalue weighted by Gasteiger charge is -2.11. The fourth-order valence-corrected chi connectivity index (χ4v) is 3.52. The van der Waals surface area contributed by atoms with Crippen molar-refractivity contribution in [3.05, 3.63) is 64.3 Å². The summed E-state index contributed by atoms with van der Waals surface area (Å²) in [6.45, 7) is 0.146. The van der Waals surface area contributed by atoms with Gasteiger partial charge in [0.1, 0.15) is 11.6 Å². The molecule has 3 heterocycles. The number of nitrogen functional groups attached to an aromatic ring is 2. The fourth-order valence-electron chi connectivity index (χ4n) is 2.96. The molecule has 29 heavy (non-hydrogen) atoms. The average Bonchev–Trinajstić information content (AvgIpc) is 3.14. The topological polar surface area (TPSA) is 100 Å². The Bertz CT molecular complexity index is 1200. The molecule has 4 aromatic rings. The quantitative estimate of drug-likeness (QED) is 0.424. The number of hydrogen-bond donors (Lipinski definition) is 2. The van der Waals surface area contributed by atoms with Crippen molar-refractivity contribution in [3.63, 3.8) is 0 Å². The Morgan fingerprint density at radius 3 is 2.66 bits per heavy atom. The van der Waals surface area contributed by atoms with Crippen LogP contribution in [0.4, 0.5) is 16.0 Å². The van der Waals surface area contributed by atoms with E-state index in [0.29, 0.717) is 33.1 Å². The Kier molecular flexibility index (Phi) is 5.17. The summed E-state index contributed by atoms with van der Waals surface area (Å²) in [5.74, 6) is 0.343. The van der Waals surface area contributed by atoms with Crippen LogP contribution >= 0.6 is 23.2 Å². The predicted octanol–water partition coefficient (Wildman–Crippen LogP) is 5.12. The number of nitrogens with zero attached hydrogens (tertiary/aromatic N) is 2. The van der Waals surface area contributed by atoms with Crippen molar-refractivity contribution in [2.45, 2.75) is 6.42 Å². The van der Waals surface area contributed by atoms with E-state index in [9.17, 15) is 4.39 Å². The summed E-state index contributed by atoms with van der Waals surface area (Å²) < 4.78 is 25.2. The first kappa shape index (κ1) is 19.3. The predicted molar refractivity (Wildman–Crippen MR) is 112 cm³/mol. The third-order valence-corrected chi connectivity index (χ3v) is 5.20. The molecule has 6 nitrogen and oxygen atoms in total. The van der Waals surface area contributed by atoms with E-state index in [1.54, 1.807) is 24.7 Å². The van der Waals surface area contributed by atoms with Crippen molar-refractivity contribution >= 4 is 45.8 Å². The second-order valence-corrected chi connectivity index (χ2v) is 7.04. The summed E-state index contributed by atoms with van der Waals surface area (Å²) >= 11 is 12.1. The van der Waals surface area contributed by atoms with E-state index in [0.717, 1.165) is 11.1 Å². The van der Waals surface area contributed by atoms with Crippen LogP contribution in [0.2, 0.25) is 10.0 Å². The fraction of sp³-hybridized carbons (Fsp3) is 0.100. The van der Waals surface area contributed by atoms with E-state index in [1.807, 2.05) is 6.07 Å². The molecule has 3 aromatic heterocycles. The van der Waals surface area contributed by atoms with Crippen molar-refractivity contribution in [2.24, 2.45) is 0 Å². The third kappa shape index (κ3) is 3.66. The maximum absolute atomic E-state index is 13.7. The van der Waals surface area contributed by atoms with E-state index in [-0.39, 0.29) is 23.9 Å². The molecule has 1 aromatic carbocycles. The van der Waals surface area contributed by atoms with Gasteiger partial charge in [-0.05, 0) is 29.8 Å². The molecule has 0 radical (unpaired) electrons. The van der Waals surface area contributed by atoms with Crippen LogP contribution in [0.5, 0.6) is 5.75 Å². The number of ether oxygens (including phenoxy) is 1. The monoisotopic (exact) mass is 432 g/mol. The lowest BCUT2D eigenvalue weighted by molar-refractivity contribution is 0.321. The van der Waals surface area contributed by atoms with Crippen LogP contribution in [0.25, 0.3) is 22.1 Å². The van der Waals surface area contributed by atoms with Gasteiger partial charge in [0.2, 0.25) is 5.75 Å². The number of anilines is 2. The first-order valence-electron chi connectivity index (χ1n) is 8.58. The van der Waals surface area contributed by atoms with Crippen molar-refractivity contribution in [1.29, 1.82) is 0 Å². The minimum Gasteiger partial charge on any atom is -0.486 e. The van der Waals surface area contributed by atoms with E-state index in [2.05, 4.69) is 9.97 Å². The van der Waals surface area contributed by atoms with Crippen LogP contribution in [0, 0.1) is 5.82 Å². The number of benzene rings is 1. The number of aromatic nitrogens is 2. The Balaban J connectivity index is 1.62.